The summed E-state index contributed by atoms with van der Waals surface area (Å²) in [4.78, 5) is 0. The number of rotatable bonds is 3. The average Bonchev–Trinajstić information content (AvgIpc) is 2.57. The predicted molar refractivity (Wildman–Crippen MR) is 57.5 cm³/mol. The molecule has 0 amide bonds. The Morgan fingerprint density at radius 1 is 1.33 bits per heavy atom. The van der Waals surface area contributed by atoms with Gasteiger partial charge in [-0.15, -0.1) is 10.2 Å². The van der Waals surface area contributed by atoms with Crippen LogP contribution in [0.1, 0.15) is 25.4 Å². The first-order chi connectivity index (χ1) is 7.16. The first-order valence-corrected chi connectivity index (χ1v) is 5.08. The second-order valence-corrected chi connectivity index (χ2v) is 3.90. The lowest BCUT2D eigenvalue weighted by atomic mass is 10.4. The van der Waals surface area contributed by atoms with Crippen molar-refractivity contribution in [1.82, 2.24) is 25.1 Å². The van der Waals surface area contributed by atoms with Crippen molar-refractivity contribution in [1.29, 1.82) is 0 Å². The van der Waals surface area contributed by atoms with Gasteiger partial charge in [0.15, 0.2) is 11.5 Å². The summed E-state index contributed by atoms with van der Waals surface area (Å²) in [6.07, 6.45) is 0. The molecule has 2 aromatic heterocycles. The zero-order valence-electron chi connectivity index (χ0n) is 9.23. The van der Waals surface area contributed by atoms with Crippen LogP contribution >= 0.6 is 0 Å². The van der Waals surface area contributed by atoms with Crippen LogP contribution in [0.4, 0.5) is 0 Å². The highest BCUT2D eigenvalue weighted by molar-refractivity contribution is 5.35. The fourth-order valence-corrected chi connectivity index (χ4v) is 1.33. The Kier molecular flexibility index (Phi) is 2.64. The second kappa shape index (κ2) is 3.94. The Morgan fingerprint density at radius 2 is 2.13 bits per heavy atom. The van der Waals surface area contributed by atoms with Crippen LogP contribution in [0, 0.1) is 6.92 Å². The highest BCUT2D eigenvalue weighted by atomic mass is 15.4. The van der Waals surface area contributed by atoms with E-state index in [1.54, 1.807) is 4.52 Å². The third-order valence-electron chi connectivity index (χ3n) is 2.13. The van der Waals surface area contributed by atoms with Crippen molar-refractivity contribution >= 4 is 5.65 Å². The van der Waals surface area contributed by atoms with Crippen molar-refractivity contribution in [3.05, 3.63) is 23.7 Å². The van der Waals surface area contributed by atoms with Gasteiger partial charge in [-0.3, -0.25) is 0 Å². The number of aromatic nitrogens is 4. The molecule has 0 aliphatic heterocycles. The molecule has 2 aromatic rings. The maximum absolute atomic E-state index is 4.37. The van der Waals surface area contributed by atoms with E-state index in [2.05, 4.69) is 34.5 Å². The highest BCUT2D eigenvalue weighted by Gasteiger charge is 2.06. The maximum atomic E-state index is 4.37. The lowest BCUT2D eigenvalue weighted by Crippen LogP contribution is -2.23. The van der Waals surface area contributed by atoms with Crippen molar-refractivity contribution in [2.75, 3.05) is 0 Å². The molecule has 5 nitrogen and oxygen atoms in total. The van der Waals surface area contributed by atoms with Crippen molar-refractivity contribution < 1.29 is 0 Å². The van der Waals surface area contributed by atoms with E-state index in [1.807, 2.05) is 19.1 Å². The molecule has 0 bridgehead atoms. The molecular formula is C10H15N5. The van der Waals surface area contributed by atoms with Crippen LogP contribution in [0.15, 0.2) is 12.1 Å². The first-order valence-electron chi connectivity index (χ1n) is 5.08. The van der Waals surface area contributed by atoms with Gasteiger partial charge in [0.05, 0.1) is 12.2 Å². The maximum Gasteiger partial charge on any atom is 0.177 e. The van der Waals surface area contributed by atoms with Gasteiger partial charge < -0.3 is 5.32 Å². The molecule has 0 aliphatic rings. The van der Waals surface area contributed by atoms with Crippen molar-refractivity contribution in [2.24, 2.45) is 0 Å². The van der Waals surface area contributed by atoms with Gasteiger partial charge >= 0.3 is 0 Å². The third-order valence-corrected chi connectivity index (χ3v) is 2.13. The summed E-state index contributed by atoms with van der Waals surface area (Å²) in [6, 6.07) is 4.29. The summed E-state index contributed by atoms with van der Waals surface area (Å²) in [5, 5.41) is 15.8. The number of nitrogens with zero attached hydrogens (tertiary/aromatic N) is 4. The van der Waals surface area contributed by atoms with Gasteiger partial charge in [-0.2, -0.15) is 9.61 Å². The zero-order chi connectivity index (χ0) is 10.8. The van der Waals surface area contributed by atoms with Crippen LogP contribution in [0.25, 0.3) is 5.65 Å². The Hall–Kier alpha value is -1.49. The molecule has 15 heavy (non-hydrogen) atoms. The van der Waals surface area contributed by atoms with Crippen LogP contribution in [0.2, 0.25) is 0 Å². The lowest BCUT2D eigenvalue weighted by Gasteiger charge is -2.05. The van der Waals surface area contributed by atoms with Crippen LogP contribution < -0.4 is 5.32 Å². The molecule has 2 rings (SSSR count). The number of aryl methyl sites for hydroxylation is 1. The van der Waals surface area contributed by atoms with E-state index in [4.69, 9.17) is 0 Å². The van der Waals surface area contributed by atoms with Crippen molar-refractivity contribution in [2.45, 2.75) is 33.4 Å². The van der Waals surface area contributed by atoms with Gasteiger partial charge in [0.25, 0.3) is 0 Å². The minimum atomic E-state index is 0.433. The van der Waals surface area contributed by atoms with E-state index in [-0.39, 0.29) is 0 Å². The van der Waals surface area contributed by atoms with Crippen LogP contribution in [-0.2, 0) is 6.54 Å². The molecule has 0 aliphatic carbocycles. The van der Waals surface area contributed by atoms with E-state index < -0.39 is 0 Å². The normalized spacial score (nSPS) is 11.5. The molecule has 0 saturated heterocycles. The van der Waals surface area contributed by atoms with Crippen LogP contribution in [0.3, 0.4) is 0 Å². The summed E-state index contributed by atoms with van der Waals surface area (Å²) in [5.41, 5.74) is 1.76. The lowest BCUT2D eigenvalue weighted by molar-refractivity contribution is 0.563. The quantitative estimate of drug-likeness (QED) is 0.810. The summed E-state index contributed by atoms with van der Waals surface area (Å²) in [6.45, 7) is 6.85. The molecule has 5 heteroatoms. The molecule has 0 atom stereocenters. The fraction of sp³-hybridized carbons (Fsp3) is 0.500. The van der Waals surface area contributed by atoms with Gasteiger partial charge in [0.1, 0.15) is 0 Å². The smallest absolute Gasteiger partial charge is 0.177 e. The predicted octanol–water partition coefficient (Wildman–Crippen LogP) is 0.931. The van der Waals surface area contributed by atoms with Gasteiger partial charge in [-0.05, 0) is 19.1 Å². The number of hydrogen-bond acceptors (Lipinski definition) is 4. The number of nitrogens with one attached hydrogen (secondary N) is 1. The molecule has 0 unspecified atom stereocenters. The molecule has 0 saturated carbocycles. The monoisotopic (exact) mass is 205 g/mol. The minimum absolute atomic E-state index is 0.433. The van der Waals surface area contributed by atoms with E-state index in [0.717, 1.165) is 17.2 Å². The van der Waals surface area contributed by atoms with Gasteiger partial charge in [0, 0.05) is 6.04 Å². The zero-order valence-corrected chi connectivity index (χ0v) is 9.23. The largest absolute Gasteiger partial charge is 0.308 e. The third kappa shape index (κ3) is 2.12. The topological polar surface area (TPSA) is 55.1 Å². The molecular weight excluding hydrogens is 190 g/mol. The first kappa shape index (κ1) is 10.0. The second-order valence-electron chi connectivity index (χ2n) is 3.90. The Labute approximate surface area is 88.5 Å². The number of hydrogen-bond donors (Lipinski definition) is 1. The summed E-state index contributed by atoms with van der Waals surface area (Å²) < 4.78 is 1.78. The molecule has 0 aromatic carbocycles. The minimum Gasteiger partial charge on any atom is -0.308 e. The van der Waals surface area contributed by atoms with Crippen molar-refractivity contribution in [3.63, 3.8) is 0 Å². The Balaban J connectivity index is 2.31. The SMILES string of the molecule is Cc1ccc2nnc(CNC(C)C)n2n1. The van der Waals surface area contributed by atoms with Gasteiger partial charge in [-0.25, -0.2) is 0 Å². The van der Waals surface area contributed by atoms with E-state index >= 15 is 0 Å². The van der Waals surface area contributed by atoms with Gasteiger partial charge in [-0.1, -0.05) is 13.8 Å². The van der Waals surface area contributed by atoms with Crippen LogP contribution in [0.5, 0.6) is 0 Å². The van der Waals surface area contributed by atoms with E-state index in [9.17, 15) is 0 Å². The Bertz CT molecular complexity index is 460. The molecule has 0 fully saturated rings. The molecule has 0 radical (unpaired) electrons. The van der Waals surface area contributed by atoms with Gasteiger partial charge in [0.2, 0.25) is 0 Å². The summed E-state index contributed by atoms with van der Waals surface area (Å²) in [5.74, 6) is 0.849. The summed E-state index contributed by atoms with van der Waals surface area (Å²) in [7, 11) is 0. The standard InChI is InChI=1S/C10H15N5/c1-7(2)11-6-10-13-12-9-5-4-8(3)14-15(9)10/h4-5,7,11H,6H2,1-3H3. The number of fused-ring (bicyclic) bond motifs is 1. The van der Waals surface area contributed by atoms with E-state index in [1.165, 1.54) is 0 Å². The van der Waals surface area contributed by atoms with Crippen LogP contribution in [-0.4, -0.2) is 25.9 Å². The highest BCUT2D eigenvalue weighted by Crippen LogP contribution is 2.02. The molecule has 2 heterocycles. The molecule has 1 N–H and O–H groups in total. The average molecular weight is 205 g/mol. The molecule has 0 spiro atoms. The van der Waals surface area contributed by atoms with E-state index in [0.29, 0.717) is 12.6 Å². The van der Waals surface area contributed by atoms with Crippen molar-refractivity contribution in [3.8, 4) is 0 Å². The molecule has 80 valence electrons. The Morgan fingerprint density at radius 3 is 2.87 bits per heavy atom. The fourth-order valence-electron chi connectivity index (χ4n) is 1.33. The summed E-state index contributed by atoms with van der Waals surface area (Å²) >= 11 is 0.